The summed E-state index contributed by atoms with van der Waals surface area (Å²) in [7, 11) is 0. The molecule has 4 rings (SSSR count). The molecule has 0 spiro atoms. The van der Waals surface area contributed by atoms with E-state index < -0.39 is 18.0 Å². The number of halogens is 2. The van der Waals surface area contributed by atoms with Crippen LogP contribution in [0.4, 0.5) is 14.7 Å². The highest BCUT2D eigenvalue weighted by atomic mass is 19.1. The van der Waals surface area contributed by atoms with E-state index in [0.717, 1.165) is 6.42 Å². The Bertz CT molecular complexity index is 837. The largest absolute Gasteiger partial charge is 0.379 e. The summed E-state index contributed by atoms with van der Waals surface area (Å²) in [5.41, 5.74) is 6.99. The number of nitrogens with zero attached hydrogens (tertiary/aromatic N) is 3. The van der Waals surface area contributed by atoms with Gasteiger partial charge in [-0.25, -0.2) is 13.8 Å². The van der Waals surface area contributed by atoms with Gasteiger partial charge in [0.1, 0.15) is 18.5 Å². The number of carbonyl (C=O) groups is 1. The molecule has 2 aromatic rings. The third-order valence-electron chi connectivity index (χ3n) is 5.14. The van der Waals surface area contributed by atoms with Gasteiger partial charge in [0.2, 0.25) is 11.9 Å². The number of aromatic nitrogens is 2. The van der Waals surface area contributed by atoms with E-state index in [1.807, 2.05) is 4.90 Å². The van der Waals surface area contributed by atoms with Gasteiger partial charge in [0.05, 0.1) is 29.7 Å². The molecule has 2 aliphatic rings. The standard InChI is InChI=1S/C18H23F2N5O2/c19-11-1-2-15-16(7-11)25(9-17(26)22-12-4-6-27-10-12)18(23-15)24-5-3-13(20)14(21)8-24/h1-2,7,12-14H,3-6,8-10,21H2,(H,22,26)/t12-,13-,14-/m1/s1. The Kier molecular flexibility index (Phi) is 4.96. The molecule has 27 heavy (non-hydrogen) atoms. The van der Waals surface area contributed by atoms with E-state index in [1.165, 1.54) is 12.1 Å². The normalized spacial score (nSPS) is 25.9. The van der Waals surface area contributed by atoms with E-state index in [0.29, 0.717) is 49.7 Å². The Labute approximate surface area is 155 Å². The van der Waals surface area contributed by atoms with Gasteiger partial charge in [0.25, 0.3) is 0 Å². The second-order valence-electron chi connectivity index (χ2n) is 7.17. The first kappa shape index (κ1) is 18.1. The SMILES string of the molecule is N[C@@H]1CN(c2nc3ccc(F)cc3n2CC(=O)N[C@@H]2CCOC2)CC[C@H]1F. The molecule has 146 valence electrons. The summed E-state index contributed by atoms with van der Waals surface area (Å²) in [6, 6.07) is 3.64. The van der Waals surface area contributed by atoms with E-state index in [9.17, 15) is 13.6 Å². The zero-order valence-electron chi connectivity index (χ0n) is 14.9. The minimum atomic E-state index is -1.05. The average Bonchev–Trinajstić information content (AvgIpc) is 3.26. The van der Waals surface area contributed by atoms with Crippen molar-refractivity contribution in [1.82, 2.24) is 14.9 Å². The van der Waals surface area contributed by atoms with Crippen molar-refractivity contribution in [1.29, 1.82) is 0 Å². The highest BCUT2D eigenvalue weighted by molar-refractivity contribution is 5.83. The number of amides is 1. The first-order valence-electron chi connectivity index (χ1n) is 9.19. The Hall–Kier alpha value is -2.26. The maximum atomic E-state index is 13.8. The number of rotatable bonds is 4. The number of benzene rings is 1. The number of hydrogen-bond acceptors (Lipinski definition) is 5. The fourth-order valence-corrected chi connectivity index (χ4v) is 3.68. The fourth-order valence-electron chi connectivity index (χ4n) is 3.68. The summed E-state index contributed by atoms with van der Waals surface area (Å²) in [5.74, 6) is -0.0882. The number of imidazole rings is 1. The van der Waals surface area contributed by atoms with Crippen molar-refractivity contribution >= 4 is 22.9 Å². The van der Waals surface area contributed by atoms with Crippen molar-refractivity contribution < 1.29 is 18.3 Å². The van der Waals surface area contributed by atoms with Crippen molar-refractivity contribution in [2.45, 2.75) is 37.6 Å². The zero-order valence-corrected chi connectivity index (χ0v) is 14.9. The van der Waals surface area contributed by atoms with Gasteiger partial charge in [0.15, 0.2) is 0 Å². The lowest BCUT2D eigenvalue weighted by atomic mass is 10.1. The van der Waals surface area contributed by atoms with E-state index >= 15 is 0 Å². The molecule has 0 aliphatic carbocycles. The summed E-state index contributed by atoms with van der Waals surface area (Å²) in [6.45, 7) is 1.86. The van der Waals surface area contributed by atoms with Crippen LogP contribution in [0.15, 0.2) is 18.2 Å². The van der Waals surface area contributed by atoms with Gasteiger partial charge in [0, 0.05) is 19.7 Å². The Morgan fingerprint density at radius 2 is 2.26 bits per heavy atom. The smallest absolute Gasteiger partial charge is 0.240 e. The summed E-state index contributed by atoms with van der Waals surface area (Å²) >= 11 is 0. The Morgan fingerprint density at radius 1 is 1.41 bits per heavy atom. The van der Waals surface area contributed by atoms with Crippen LogP contribution in [0.5, 0.6) is 0 Å². The van der Waals surface area contributed by atoms with Crippen LogP contribution in [0.1, 0.15) is 12.8 Å². The lowest BCUT2D eigenvalue weighted by molar-refractivity contribution is -0.122. The first-order valence-corrected chi connectivity index (χ1v) is 9.19. The summed E-state index contributed by atoms with van der Waals surface area (Å²) < 4.78 is 34.5. The molecule has 3 N–H and O–H groups in total. The minimum absolute atomic E-state index is 0.00339. The number of nitrogens with two attached hydrogens (primary N) is 1. The van der Waals surface area contributed by atoms with Crippen molar-refractivity contribution in [3.63, 3.8) is 0 Å². The van der Waals surface area contributed by atoms with Gasteiger partial charge in [-0.3, -0.25) is 4.79 Å². The molecular formula is C18H23F2N5O2. The number of alkyl halides is 1. The second-order valence-corrected chi connectivity index (χ2v) is 7.17. The van der Waals surface area contributed by atoms with E-state index in [4.69, 9.17) is 10.5 Å². The molecule has 0 bridgehead atoms. The van der Waals surface area contributed by atoms with Gasteiger partial charge in [-0.15, -0.1) is 0 Å². The van der Waals surface area contributed by atoms with Gasteiger partial charge >= 0.3 is 0 Å². The van der Waals surface area contributed by atoms with Gasteiger partial charge in [-0.1, -0.05) is 0 Å². The van der Waals surface area contributed by atoms with Crippen LogP contribution < -0.4 is 16.0 Å². The molecule has 3 atom stereocenters. The second kappa shape index (κ2) is 7.40. The fraction of sp³-hybridized carbons (Fsp3) is 0.556. The van der Waals surface area contributed by atoms with Crippen molar-refractivity contribution in [3.05, 3.63) is 24.0 Å². The van der Waals surface area contributed by atoms with Crippen LogP contribution in [0.25, 0.3) is 11.0 Å². The molecule has 1 amide bonds. The number of carbonyl (C=O) groups excluding carboxylic acids is 1. The van der Waals surface area contributed by atoms with E-state index in [-0.39, 0.29) is 18.5 Å². The number of hydrogen-bond donors (Lipinski definition) is 2. The topological polar surface area (TPSA) is 85.4 Å². The summed E-state index contributed by atoms with van der Waals surface area (Å²) in [4.78, 5) is 19.0. The van der Waals surface area contributed by atoms with Gasteiger partial charge in [-0.05, 0) is 31.0 Å². The minimum Gasteiger partial charge on any atom is -0.379 e. The molecular weight excluding hydrogens is 356 g/mol. The van der Waals surface area contributed by atoms with Crippen LogP contribution in [-0.2, 0) is 16.1 Å². The lowest BCUT2D eigenvalue weighted by Gasteiger charge is -2.34. The third kappa shape index (κ3) is 3.74. The highest BCUT2D eigenvalue weighted by Crippen LogP contribution is 2.26. The molecule has 0 radical (unpaired) electrons. The molecule has 9 heteroatoms. The maximum Gasteiger partial charge on any atom is 0.240 e. The Morgan fingerprint density at radius 3 is 3.00 bits per heavy atom. The first-order chi connectivity index (χ1) is 13.0. The van der Waals surface area contributed by atoms with Crippen LogP contribution >= 0.6 is 0 Å². The molecule has 1 aromatic carbocycles. The molecule has 2 aliphatic heterocycles. The van der Waals surface area contributed by atoms with Gasteiger partial charge in [-0.2, -0.15) is 0 Å². The summed E-state index contributed by atoms with van der Waals surface area (Å²) in [5, 5.41) is 2.93. The third-order valence-corrected chi connectivity index (χ3v) is 5.14. The molecule has 2 saturated heterocycles. The van der Waals surface area contributed by atoms with E-state index in [2.05, 4.69) is 10.3 Å². The van der Waals surface area contributed by atoms with Crippen LogP contribution in [0.3, 0.4) is 0 Å². The molecule has 3 heterocycles. The highest BCUT2D eigenvalue weighted by Gasteiger charge is 2.30. The molecule has 0 unspecified atom stereocenters. The predicted molar refractivity (Wildman–Crippen MR) is 96.8 cm³/mol. The predicted octanol–water partition coefficient (Wildman–Crippen LogP) is 0.956. The number of piperidine rings is 1. The monoisotopic (exact) mass is 379 g/mol. The summed E-state index contributed by atoms with van der Waals surface area (Å²) in [6.07, 6.45) is 0.0170. The molecule has 1 aromatic heterocycles. The maximum absolute atomic E-state index is 13.8. The van der Waals surface area contributed by atoms with Crippen molar-refractivity contribution in [2.75, 3.05) is 31.2 Å². The van der Waals surface area contributed by atoms with Crippen molar-refractivity contribution in [2.24, 2.45) is 5.73 Å². The number of ether oxygens (including phenoxy) is 1. The lowest BCUT2D eigenvalue weighted by Crippen LogP contribution is -2.50. The number of nitrogens with one attached hydrogen (secondary N) is 1. The molecule has 7 nitrogen and oxygen atoms in total. The quantitative estimate of drug-likeness (QED) is 0.827. The van der Waals surface area contributed by atoms with Crippen LogP contribution in [0.2, 0.25) is 0 Å². The number of anilines is 1. The average molecular weight is 379 g/mol. The van der Waals surface area contributed by atoms with E-state index in [1.54, 1.807) is 10.6 Å². The van der Waals surface area contributed by atoms with Gasteiger partial charge < -0.3 is 25.3 Å². The number of fused-ring (bicyclic) bond motifs is 1. The van der Waals surface area contributed by atoms with Crippen molar-refractivity contribution in [3.8, 4) is 0 Å². The Balaban J connectivity index is 1.63. The zero-order chi connectivity index (χ0) is 19.0. The van der Waals surface area contributed by atoms with Crippen LogP contribution in [0, 0.1) is 5.82 Å². The van der Waals surface area contributed by atoms with Crippen LogP contribution in [-0.4, -0.2) is 60.0 Å². The molecule has 2 fully saturated rings. The molecule has 0 saturated carbocycles.